The van der Waals surface area contributed by atoms with E-state index >= 15 is 0 Å². The molecule has 2 atom stereocenters. The molecule has 0 aromatic carbocycles. The molecule has 0 saturated carbocycles. The second-order valence-corrected chi connectivity index (χ2v) is 5.30. The predicted molar refractivity (Wildman–Crippen MR) is 72.9 cm³/mol. The van der Waals surface area contributed by atoms with Crippen LogP contribution < -0.4 is 10.1 Å². The molecule has 2 heterocycles. The number of fused-ring (bicyclic) bond motifs is 1. The average molecular weight is 265 g/mol. The summed E-state index contributed by atoms with van der Waals surface area (Å²) in [4.78, 5) is 4.20. The molecule has 1 N–H and O–H groups in total. The average Bonchev–Trinajstić information content (AvgIpc) is 2.83. The van der Waals surface area contributed by atoms with Crippen LogP contribution in [0.4, 0.5) is 0 Å². The van der Waals surface area contributed by atoms with E-state index in [2.05, 4.69) is 16.4 Å². The molecule has 0 unspecified atom stereocenters. The van der Waals surface area contributed by atoms with Gasteiger partial charge in [0.2, 0.25) is 0 Å². The Morgan fingerprint density at radius 2 is 2.39 bits per heavy atom. The normalized spacial score (nSPS) is 26.7. The van der Waals surface area contributed by atoms with Gasteiger partial charge in [0, 0.05) is 17.8 Å². The van der Waals surface area contributed by atoms with E-state index in [4.69, 9.17) is 16.3 Å². The van der Waals surface area contributed by atoms with Crippen molar-refractivity contribution < 1.29 is 4.74 Å². The number of halogens is 1. The first-order valence-electron chi connectivity index (χ1n) is 6.43. The topological polar surface area (TPSA) is 34.1 Å². The van der Waals surface area contributed by atoms with Crippen LogP contribution in [-0.2, 0) is 0 Å². The van der Waals surface area contributed by atoms with Crippen molar-refractivity contribution in [3.05, 3.63) is 29.1 Å². The quantitative estimate of drug-likeness (QED) is 0.834. The molecule has 1 aromatic rings. The molecule has 18 heavy (non-hydrogen) atoms. The summed E-state index contributed by atoms with van der Waals surface area (Å²) >= 11 is 5.97. The van der Waals surface area contributed by atoms with Gasteiger partial charge in [-0.3, -0.25) is 0 Å². The highest BCUT2D eigenvalue weighted by molar-refractivity contribution is 6.30. The molecule has 0 radical (unpaired) electrons. The van der Waals surface area contributed by atoms with Crippen molar-refractivity contribution in [3.63, 3.8) is 0 Å². The highest BCUT2D eigenvalue weighted by atomic mass is 35.5. The fraction of sp³-hybridized carbons (Fsp3) is 0.500. The van der Waals surface area contributed by atoms with Crippen molar-refractivity contribution in [2.45, 2.75) is 25.3 Å². The molecule has 1 aliphatic heterocycles. The van der Waals surface area contributed by atoms with E-state index in [1.165, 1.54) is 18.4 Å². The lowest BCUT2D eigenvalue weighted by molar-refractivity contribution is 0.345. The van der Waals surface area contributed by atoms with E-state index in [1.54, 1.807) is 7.11 Å². The minimum atomic E-state index is 0.424. The van der Waals surface area contributed by atoms with Crippen LogP contribution in [0.3, 0.4) is 0 Å². The maximum atomic E-state index is 5.97. The summed E-state index contributed by atoms with van der Waals surface area (Å²) in [6, 6.07) is 2.46. The standard InChI is InChI=1S/C14H17ClN2O/c1-18-12-7-10(8-17-14(12)15)11-5-4-9-3-2-6-16-13(9)11/h5,7-9,13,16H,2-4,6H2,1H3/t9-,13-/m0/s1. The largest absolute Gasteiger partial charge is 0.494 e. The minimum absolute atomic E-state index is 0.424. The van der Waals surface area contributed by atoms with Gasteiger partial charge in [-0.05, 0) is 43.4 Å². The maximum Gasteiger partial charge on any atom is 0.171 e. The van der Waals surface area contributed by atoms with E-state index < -0.39 is 0 Å². The Morgan fingerprint density at radius 1 is 1.50 bits per heavy atom. The molecule has 0 spiro atoms. The van der Waals surface area contributed by atoms with E-state index in [0.717, 1.165) is 24.4 Å². The monoisotopic (exact) mass is 264 g/mol. The number of allylic oxidation sites excluding steroid dienone is 1. The Bertz CT molecular complexity index is 487. The maximum absolute atomic E-state index is 5.97. The van der Waals surface area contributed by atoms with Crippen molar-refractivity contribution >= 4 is 17.2 Å². The van der Waals surface area contributed by atoms with Crippen LogP contribution in [0, 0.1) is 5.92 Å². The minimum Gasteiger partial charge on any atom is -0.494 e. The third-order valence-corrected chi connectivity index (χ3v) is 4.21. The zero-order valence-electron chi connectivity index (χ0n) is 10.4. The fourth-order valence-corrected chi connectivity index (χ4v) is 3.19. The van der Waals surface area contributed by atoms with E-state index in [9.17, 15) is 0 Å². The molecule has 1 aromatic heterocycles. The van der Waals surface area contributed by atoms with Gasteiger partial charge in [0.1, 0.15) is 0 Å². The van der Waals surface area contributed by atoms with Crippen LogP contribution in [0.5, 0.6) is 5.75 Å². The molecule has 3 rings (SSSR count). The molecule has 0 bridgehead atoms. The van der Waals surface area contributed by atoms with Crippen LogP contribution in [0.1, 0.15) is 24.8 Å². The number of aromatic nitrogens is 1. The Morgan fingerprint density at radius 3 is 3.22 bits per heavy atom. The van der Waals surface area contributed by atoms with Gasteiger partial charge in [-0.1, -0.05) is 17.7 Å². The number of hydrogen-bond acceptors (Lipinski definition) is 3. The van der Waals surface area contributed by atoms with Crippen LogP contribution in [0.25, 0.3) is 5.57 Å². The molecule has 1 aliphatic carbocycles. The van der Waals surface area contributed by atoms with Gasteiger partial charge in [-0.25, -0.2) is 4.98 Å². The Hall–Kier alpha value is -1.06. The summed E-state index contributed by atoms with van der Waals surface area (Å²) in [7, 11) is 1.62. The lowest BCUT2D eigenvalue weighted by atomic mass is 9.89. The lowest BCUT2D eigenvalue weighted by Gasteiger charge is -2.29. The van der Waals surface area contributed by atoms with Gasteiger partial charge in [0.05, 0.1) is 7.11 Å². The third kappa shape index (κ3) is 2.02. The number of rotatable bonds is 2. The van der Waals surface area contributed by atoms with Crippen molar-refractivity contribution in [3.8, 4) is 5.75 Å². The molecule has 2 aliphatic rings. The van der Waals surface area contributed by atoms with Crippen LogP contribution in [0.2, 0.25) is 5.15 Å². The van der Waals surface area contributed by atoms with E-state index in [1.807, 2.05) is 12.3 Å². The number of nitrogens with one attached hydrogen (secondary N) is 1. The Labute approximate surface area is 112 Å². The summed E-state index contributed by atoms with van der Waals surface area (Å²) in [5.41, 5.74) is 2.47. The number of ether oxygens (including phenoxy) is 1. The zero-order chi connectivity index (χ0) is 12.5. The lowest BCUT2D eigenvalue weighted by Crippen LogP contribution is -2.39. The number of nitrogens with zero attached hydrogens (tertiary/aromatic N) is 1. The number of methoxy groups -OCH3 is 1. The first-order chi connectivity index (χ1) is 8.79. The van der Waals surface area contributed by atoms with Gasteiger partial charge in [0.25, 0.3) is 0 Å². The third-order valence-electron chi connectivity index (χ3n) is 3.92. The number of piperidine rings is 1. The van der Waals surface area contributed by atoms with Gasteiger partial charge in [0.15, 0.2) is 10.9 Å². The first-order valence-corrected chi connectivity index (χ1v) is 6.80. The molecule has 96 valence electrons. The molecular formula is C14H17ClN2O. The van der Waals surface area contributed by atoms with Gasteiger partial charge in [-0.15, -0.1) is 0 Å². The molecule has 3 nitrogen and oxygen atoms in total. The SMILES string of the molecule is COc1cc(C2=CC[C@@H]3CCCN[C@H]23)cnc1Cl. The number of hydrogen-bond donors (Lipinski definition) is 1. The van der Waals surface area contributed by atoms with Crippen LogP contribution >= 0.6 is 11.6 Å². The van der Waals surface area contributed by atoms with Gasteiger partial charge >= 0.3 is 0 Å². The molecular weight excluding hydrogens is 248 g/mol. The Kier molecular flexibility index (Phi) is 3.27. The van der Waals surface area contributed by atoms with Crippen LogP contribution in [0.15, 0.2) is 18.3 Å². The summed E-state index contributed by atoms with van der Waals surface area (Å²) < 4.78 is 5.24. The van der Waals surface area contributed by atoms with Gasteiger partial charge < -0.3 is 10.1 Å². The van der Waals surface area contributed by atoms with Crippen LogP contribution in [-0.4, -0.2) is 24.7 Å². The smallest absolute Gasteiger partial charge is 0.171 e. The summed E-state index contributed by atoms with van der Waals surface area (Å²) in [5.74, 6) is 1.39. The highest BCUT2D eigenvalue weighted by Crippen LogP contribution is 2.38. The molecule has 0 amide bonds. The molecule has 4 heteroatoms. The van der Waals surface area contributed by atoms with Crippen molar-refractivity contribution in [1.82, 2.24) is 10.3 Å². The van der Waals surface area contributed by atoms with Gasteiger partial charge in [-0.2, -0.15) is 0 Å². The Balaban J connectivity index is 1.91. The summed E-state index contributed by atoms with van der Waals surface area (Å²) in [6.45, 7) is 1.11. The predicted octanol–water partition coefficient (Wildman–Crippen LogP) is 2.90. The van der Waals surface area contributed by atoms with Crippen molar-refractivity contribution in [1.29, 1.82) is 0 Å². The first kappa shape index (κ1) is 12.0. The van der Waals surface area contributed by atoms with E-state index in [0.29, 0.717) is 16.9 Å². The number of pyridine rings is 1. The van der Waals surface area contributed by atoms with Crippen molar-refractivity contribution in [2.75, 3.05) is 13.7 Å². The summed E-state index contributed by atoms with van der Waals surface area (Å²) in [6.07, 6.45) is 7.94. The molecule has 1 saturated heterocycles. The zero-order valence-corrected chi connectivity index (χ0v) is 11.2. The van der Waals surface area contributed by atoms with E-state index in [-0.39, 0.29) is 0 Å². The molecule has 1 fully saturated rings. The summed E-state index contributed by atoms with van der Waals surface area (Å²) in [5, 5.41) is 4.04. The van der Waals surface area contributed by atoms with Crippen molar-refractivity contribution in [2.24, 2.45) is 5.92 Å². The highest BCUT2D eigenvalue weighted by Gasteiger charge is 2.32. The fourth-order valence-electron chi connectivity index (χ4n) is 3.00. The second-order valence-electron chi connectivity index (χ2n) is 4.95. The second kappa shape index (κ2) is 4.90.